The number of fused-ring (bicyclic) bond motifs is 1. The second-order valence-electron chi connectivity index (χ2n) is 5.80. The van der Waals surface area contributed by atoms with E-state index in [2.05, 4.69) is 44.3 Å². The summed E-state index contributed by atoms with van der Waals surface area (Å²) in [5, 5.41) is 3.70. The number of hydrogen-bond acceptors (Lipinski definition) is 2. The van der Waals surface area contributed by atoms with Crippen LogP contribution in [0.2, 0.25) is 0 Å². The Labute approximate surface area is 117 Å². The van der Waals surface area contributed by atoms with Crippen LogP contribution in [0.25, 0.3) is 0 Å². The van der Waals surface area contributed by atoms with Crippen LogP contribution < -0.4 is 10.1 Å². The average molecular weight is 261 g/mol. The minimum atomic E-state index is 0.472. The van der Waals surface area contributed by atoms with Gasteiger partial charge in [-0.25, -0.2) is 0 Å². The van der Waals surface area contributed by atoms with Gasteiger partial charge in [-0.2, -0.15) is 0 Å². The fourth-order valence-electron chi connectivity index (χ4n) is 2.64. The van der Waals surface area contributed by atoms with Gasteiger partial charge in [-0.15, -0.1) is 0 Å². The maximum atomic E-state index is 5.78. The zero-order valence-corrected chi connectivity index (χ0v) is 12.5. The van der Waals surface area contributed by atoms with Gasteiger partial charge in [-0.05, 0) is 30.5 Å². The fourth-order valence-corrected chi connectivity index (χ4v) is 2.64. The molecule has 0 amide bonds. The summed E-state index contributed by atoms with van der Waals surface area (Å²) in [4.78, 5) is 0. The van der Waals surface area contributed by atoms with E-state index in [9.17, 15) is 0 Å². The molecule has 1 aliphatic rings. The van der Waals surface area contributed by atoms with Gasteiger partial charge in [-0.3, -0.25) is 0 Å². The Morgan fingerprint density at radius 3 is 2.89 bits per heavy atom. The molecule has 1 atom stereocenters. The second kappa shape index (κ2) is 6.95. The van der Waals surface area contributed by atoms with Gasteiger partial charge in [0.25, 0.3) is 0 Å². The Hall–Kier alpha value is -1.02. The summed E-state index contributed by atoms with van der Waals surface area (Å²) in [5.41, 5.74) is 2.76. The van der Waals surface area contributed by atoms with Crippen molar-refractivity contribution in [2.45, 2.75) is 58.4 Å². The maximum Gasteiger partial charge on any atom is 0.124 e. The molecule has 0 bridgehead atoms. The van der Waals surface area contributed by atoms with Crippen molar-refractivity contribution < 1.29 is 4.74 Å². The normalized spacial score (nSPS) is 18.2. The van der Waals surface area contributed by atoms with Crippen molar-refractivity contribution >= 4 is 0 Å². The van der Waals surface area contributed by atoms with Crippen molar-refractivity contribution in [2.75, 3.05) is 13.2 Å². The van der Waals surface area contributed by atoms with E-state index < -0.39 is 0 Å². The Kier molecular flexibility index (Phi) is 5.26. The first-order valence-electron chi connectivity index (χ1n) is 7.72. The molecule has 1 N–H and O–H groups in total. The highest BCUT2D eigenvalue weighted by atomic mass is 16.5. The van der Waals surface area contributed by atoms with Gasteiger partial charge >= 0.3 is 0 Å². The zero-order valence-electron chi connectivity index (χ0n) is 12.5. The minimum absolute atomic E-state index is 0.472. The van der Waals surface area contributed by atoms with Gasteiger partial charge in [-0.1, -0.05) is 45.7 Å². The third kappa shape index (κ3) is 3.73. The van der Waals surface area contributed by atoms with Crippen molar-refractivity contribution in [3.63, 3.8) is 0 Å². The summed E-state index contributed by atoms with van der Waals surface area (Å²) in [6.45, 7) is 8.69. The maximum absolute atomic E-state index is 5.78. The zero-order chi connectivity index (χ0) is 13.7. The van der Waals surface area contributed by atoms with E-state index in [1.54, 1.807) is 0 Å². The molecule has 0 radical (unpaired) electrons. The van der Waals surface area contributed by atoms with Crippen molar-refractivity contribution in [1.29, 1.82) is 0 Å². The van der Waals surface area contributed by atoms with Crippen molar-refractivity contribution in [2.24, 2.45) is 0 Å². The lowest BCUT2D eigenvalue weighted by atomic mass is 9.94. The molecular weight excluding hydrogens is 234 g/mol. The predicted molar refractivity (Wildman–Crippen MR) is 80.9 cm³/mol. The standard InChI is InChI=1S/C17H27NO/c1-4-5-6-10-18-16-9-11-19-17-8-7-14(13(2)3)12-15(16)17/h7-8,12-13,16,18H,4-6,9-11H2,1-3H3. The third-order valence-electron chi connectivity index (χ3n) is 3.91. The molecule has 2 nitrogen and oxygen atoms in total. The van der Waals surface area contributed by atoms with Crippen LogP contribution in [0, 0.1) is 0 Å². The first-order chi connectivity index (χ1) is 9.22. The highest BCUT2D eigenvalue weighted by molar-refractivity contribution is 5.41. The summed E-state index contributed by atoms with van der Waals surface area (Å²) < 4.78 is 5.78. The fraction of sp³-hybridized carbons (Fsp3) is 0.647. The van der Waals surface area contributed by atoms with Crippen LogP contribution in [0.3, 0.4) is 0 Å². The van der Waals surface area contributed by atoms with Crippen LogP contribution in [0.4, 0.5) is 0 Å². The molecule has 1 aliphatic heterocycles. The van der Waals surface area contributed by atoms with E-state index in [0.29, 0.717) is 12.0 Å². The molecular formula is C17H27NO. The molecule has 1 aromatic carbocycles. The van der Waals surface area contributed by atoms with Gasteiger partial charge in [0.2, 0.25) is 0 Å². The molecule has 1 aromatic rings. The van der Waals surface area contributed by atoms with Gasteiger partial charge in [0.05, 0.1) is 6.61 Å². The van der Waals surface area contributed by atoms with Gasteiger partial charge in [0.1, 0.15) is 5.75 Å². The van der Waals surface area contributed by atoms with Gasteiger partial charge in [0, 0.05) is 18.0 Å². The molecule has 0 saturated carbocycles. The number of benzene rings is 1. The lowest BCUT2D eigenvalue weighted by molar-refractivity contribution is 0.252. The molecule has 2 rings (SSSR count). The second-order valence-corrected chi connectivity index (χ2v) is 5.80. The predicted octanol–water partition coefficient (Wildman–Crippen LogP) is 4.41. The van der Waals surface area contributed by atoms with Crippen molar-refractivity contribution in [3.05, 3.63) is 29.3 Å². The molecule has 19 heavy (non-hydrogen) atoms. The average Bonchev–Trinajstić information content (AvgIpc) is 2.43. The molecule has 1 heterocycles. The lowest BCUT2D eigenvalue weighted by Crippen LogP contribution is -2.28. The van der Waals surface area contributed by atoms with E-state index in [1.807, 2.05) is 0 Å². The van der Waals surface area contributed by atoms with Crippen LogP contribution in [-0.2, 0) is 0 Å². The summed E-state index contributed by atoms with van der Waals surface area (Å²) in [7, 11) is 0. The van der Waals surface area contributed by atoms with Crippen molar-refractivity contribution in [3.8, 4) is 5.75 Å². The molecule has 0 aliphatic carbocycles. The van der Waals surface area contributed by atoms with Crippen LogP contribution in [-0.4, -0.2) is 13.2 Å². The first kappa shape index (κ1) is 14.4. The molecule has 0 saturated heterocycles. The summed E-state index contributed by atoms with van der Waals surface area (Å²) in [5.74, 6) is 1.65. The number of unbranched alkanes of at least 4 members (excludes halogenated alkanes) is 2. The van der Waals surface area contributed by atoms with Crippen LogP contribution in [0.1, 0.15) is 69.5 Å². The van der Waals surface area contributed by atoms with Crippen molar-refractivity contribution in [1.82, 2.24) is 5.32 Å². The summed E-state index contributed by atoms with van der Waals surface area (Å²) in [6.07, 6.45) is 4.95. The highest BCUT2D eigenvalue weighted by Gasteiger charge is 2.21. The summed E-state index contributed by atoms with van der Waals surface area (Å²) in [6, 6.07) is 7.14. The smallest absolute Gasteiger partial charge is 0.124 e. The number of ether oxygens (including phenoxy) is 1. The molecule has 0 fully saturated rings. The van der Waals surface area contributed by atoms with E-state index >= 15 is 0 Å². The van der Waals surface area contributed by atoms with E-state index in [-0.39, 0.29) is 0 Å². The highest BCUT2D eigenvalue weighted by Crippen LogP contribution is 2.34. The minimum Gasteiger partial charge on any atom is -0.493 e. The SMILES string of the molecule is CCCCCNC1CCOc2ccc(C(C)C)cc21. The topological polar surface area (TPSA) is 21.3 Å². The van der Waals surface area contributed by atoms with Gasteiger partial charge < -0.3 is 10.1 Å². The van der Waals surface area contributed by atoms with Crippen LogP contribution >= 0.6 is 0 Å². The molecule has 0 spiro atoms. The van der Waals surface area contributed by atoms with Crippen LogP contribution in [0.5, 0.6) is 5.75 Å². The van der Waals surface area contributed by atoms with E-state index in [0.717, 1.165) is 25.3 Å². The molecule has 1 unspecified atom stereocenters. The monoisotopic (exact) mass is 261 g/mol. The van der Waals surface area contributed by atoms with E-state index in [4.69, 9.17) is 4.74 Å². The quantitative estimate of drug-likeness (QED) is 0.766. The Morgan fingerprint density at radius 2 is 2.16 bits per heavy atom. The van der Waals surface area contributed by atoms with Crippen LogP contribution in [0.15, 0.2) is 18.2 Å². The Bertz CT molecular complexity index is 400. The molecule has 106 valence electrons. The third-order valence-corrected chi connectivity index (χ3v) is 3.91. The lowest BCUT2D eigenvalue weighted by Gasteiger charge is -2.28. The Morgan fingerprint density at radius 1 is 1.32 bits per heavy atom. The first-order valence-corrected chi connectivity index (χ1v) is 7.72. The van der Waals surface area contributed by atoms with E-state index in [1.165, 1.54) is 30.4 Å². The summed E-state index contributed by atoms with van der Waals surface area (Å²) >= 11 is 0. The number of hydrogen-bond donors (Lipinski definition) is 1. The Balaban J connectivity index is 2.06. The number of nitrogens with one attached hydrogen (secondary N) is 1. The largest absolute Gasteiger partial charge is 0.493 e. The molecule has 0 aromatic heterocycles. The molecule has 2 heteroatoms. The van der Waals surface area contributed by atoms with Gasteiger partial charge in [0.15, 0.2) is 0 Å². The number of rotatable bonds is 6.